The van der Waals surface area contributed by atoms with Gasteiger partial charge < -0.3 is 24.1 Å². The Kier molecular flexibility index (Phi) is 3.76. The zero-order valence-corrected chi connectivity index (χ0v) is 14.7. The first-order valence-corrected chi connectivity index (χ1v) is 8.24. The van der Waals surface area contributed by atoms with Gasteiger partial charge in [-0.3, -0.25) is 13.9 Å². The van der Waals surface area contributed by atoms with Crippen LogP contribution in [0.5, 0.6) is 5.75 Å². The number of benzene rings is 1. The molecule has 1 aromatic carbocycles. The number of aliphatic carboxylic acids is 1. The van der Waals surface area contributed by atoms with Crippen LogP contribution in [0.15, 0.2) is 33.9 Å². The fourth-order valence-electron chi connectivity index (χ4n) is 3.37. The van der Waals surface area contributed by atoms with Crippen molar-refractivity contribution in [2.75, 3.05) is 18.6 Å². The second-order valence-electron chi connectivity index (χ2n) is 6.19. The van der Waals surface area contributed by atoms with Crippen molar-refractivity contribution in [3.05, 3.63) is 45.1 Å². The number of nitrogens with zero attached hydrogens (tertiary/aromatic N) is 5. The van der Waals surface area contributed by atoms with E-state index in [9.17, 15) is 19.5 Å². The van der Waals surface area contributed by atoms with Crippen LogP contribution in [0.2, 0.25) is 0 Å². The number of ether oxygens (including phenoxy) is 1. The number of aryl methyl sites for hydroxylation is 1. The van der Waals surface area contributed by atoms with Crippen LogP contribution in [0.3, 0.4) is 0 Å². The summed E-state index contributed by atoms with van der Waals surface area (Å²) >= 11 is 0. The number of aromatic nitrogens is 4. The van der Waals surface area contributed by atoms with Gasteiger partial charge in [-0.05, 0) is 12.1 Å². The SMILES string of the molecule is COc1cccc(N2CCn3c2nc2c3c(=O)n(CC(=O)[O-])c(=O)n2C)c1. The predicted octanol–water partition coefficient (Wildman–Crippen LogP) is -1.19. The van der Waals surface area contributed by atoms with E-state index in [4.69, 9.17) is 4.74 Å². The number of carboxylic acid groups (broad SMARTS) is 1. The first-order chi connectivity index (χ1) is 12.9. The topological polar surface area (TPSA) is 114 Å². The minimum absolute atomic E-state index is 0.193. The van der Waals surface area contributed by atoms with Gasteiger partial charge in [-0.25, -0.2) is 4.79 Å². The number of carbonyl (C=O) groups excluding carboxylic acids is 1. The zero-order valence-electron chi connectivity index (χ0n) is 14.7. The van der Waals surface area contributed by atoms with Crippen LogP contribution >= 0.6 is 0 Å². The minimum Gasteiger partial charge on any atom is -0.548 e. The largest absolute Gasteiger partial charge is 0.548 e. The van der Waals surface area contributed by atoms with Crippen LogP contribution in [0, 0.1) is 0 Å². The Labute approximate surface area is 152 Å². The zero-order chi connectivity index (χ0) is 19.3. The highest BCUT2D eigenvalue weighted by Crippen LogP contribution is 2.33. The molecule has 0 amide bonds. The molecule has 0 atom stereocenters. The fourth-order valence-corrected chi connectivity index (χ4v) is 3.37. The monoisotopic (exact) mass is 370 g/mol. The molecule has 1 aliphatic rings. The van der Waals surface area contributed by atoms with Crippen molar-refractivity contribution in [1.29, 1.82) is 0 Å². The Morgan fingerprint density at radius 2 is 2.07 bits per heavy atom. The van der Waals surface area contributed by atoms with Gasteiger partial charge in [-0.2, -0.15) is 4.98 Å². The summed E-state index contributed by atoms with van der Waals surface area (Å²) in [5.74, 6) is -0.310. The summed E-state index contributed by atoms with van der Waals surface area (Å²) in [6, 6.07) is 7.42. The Balaban J connectivity index is 1.93. The summed E-state index contributed by atoms with van der Waals surface area (Å²) in [5.41, 5.74) is -0.200. The second-order valence-corrected chi connectivity index (χ2v) is 6.19. The molecule has 4 rings (SSSR count). The van der Waals surface area contributed by atoms with E-state index in [2.05, 4.69) is 4.98 Å². The molecule has 0 aliphatic carbocycles. The molecule has 0 spiro atoms. The van der Waals surface area contributed by atoms with Crippen molar-refractivity contribution in [2.45, 2.75) is 13.1 Å². The summed E-state index contributed by atoms with van der Waals surface area (Å²) in [5, 5.41) is 10.9. The third-order valence-electron chi connectivity index (χ3n) is 4.65. The summed E-state index contributed by atoms with van der Waals surface area (Å²) in [4.78, 5) is 42.4. The van der Waals surface area contributed by atoms with E-state index in [0.717, 1.165) is 5.69 Å². The third-order valence-corrected chi connectivity index (χ3v) is 4.65. The lowest BCUT2D eigenvalue weighted by Gasteiger charge is -2.16. The van der Waals surface area contributed by atoms with Crippen molar-refractivity contribution in [3.8, 4) is 5.75 Å². The molecule has 3 aromatic rings. The number of imidazole rings is 1. The number of hydrogen-bond acceptors (Lipinski definition) is 7. The van der Waals surface area contributed by atoms with Gasteiger partial charge in [0.25, 0.3) is 5.56 Å². The molecule has 1 aliphatic heterocycles. The molecule has 10 nitrogen and oxygen atoms in total. The average Bonchev–Trinajstić information content (AvgIpc) is 3.22. The fraction of sp³-hybridized carbons (Fsp3) is 0.294. The van der Waals surface area contributed by atoms with E-state index in [1.54, 1.807) is 11.7 Å². The van der Waals surface area contributed by atoms with Gasteiger partial charge in [0.15, 0.2) is 11.2 Å². The lowest BCUT2D eigenvalue weighted by Crippen LogP contribution is -2.44. The van der Waals surface area contributed by atoms with Crippen molar-refractivity contribution in [2.24, 2.45) is 7.05 Å². The Morgan fingerprint density at radius 3 is 2.78 bits per heavy atom. The number of hydrogen-bond donors (Lipinski definition) is 0. The molecule has 0 N–H and O–H groups in total. The van der Waals surface area contributed by atoms with Crippen LogP contribution in [-0.4, -0.2) is 38.3 Å². The molecular formula is C17H16N5O5-. The quantitative estimate of drug-likeness (QED) is 0.567. The molecular weight excluding hydrogens is 354 g/mol. The van der Waals surface area contributed by atoms with Crippen molar-refractivity contribution in [3.63, 3.8) is 0 Å². The van der Waals surface area contributed by atoms with Gasteiger partial charge in [-0.1, -0.05) is 6.07 Å². The molecule has 0 saturated carbocycles. The summed E-state index contributed by atoms with van der Waals surface area (Å²) < 4.78 is 8.78. The van der Waals surface area contributed by atoms with E-state index >= 15 is 0 Å². The van der Waals surface area contributed by atoms with Crippen LogP contribution in [0.25, 0.3) is 11.2 Å². The molecule has 0 saturated heterocycles. The van der Waals surface area contributed by atoms with Crippen molar-refractivity contribution >= 4 is 28.8 Å². The first-order valence-electron chi connectivity index (χ1n) is 8.24. The van der Waals surface area contributed by atoms with Crippen LogP contribution in [0.4, 0.5) is 11.6 Å². The smallest absolute Gasteiger partial charge is 0.332 e. The highest BCUT2D eigenvalue weighted by atomic mass is 16.5. The number of methoxy groups -OCH3 is 1. The third kappa shape index (κ3) is 2.48. The summed E-state index contributed by atoms with van der Waals surface area (Å²) in [7, 11) is 3.03. The minimum atomic E-state index is -1.51. The number of carboxylic acids is 1. The van der Waals surface area contributed by atoms with Gasteiger partial charge in [0.2, 0.25) is 5.95 Å². The van der Waals surface area contributed by atoms with E-state index in [-0.39, 0.29) is 11.2 Å². The van der Waals surface area contributed by atoms with Gasteiger partial charge in [0.05, 0.1) is 19.6 Å². The maximum atomic E-state index is 12.8. The van der Waals surface area contributed by atoms with Gasteiger partial charge >= 0.3 is 5.69 Å². The van der Waals surface area contributed by atoms with E-state index in [0.29, 0.717) is 29.4 Å². The van der Waals surface area contributed by atoms with E-state index < -0.39 is 23.8 Å². The maximum absolute atomic E-state index is 12.8. The number of carbonyl (C=O) groups is 1. The van der Waals surface area contributed by atoms with Crippen LogP contribution in [0.1, 0.15) is 0 Å². The highest BCUT2D eigenvalue weighted by Gasteiger charge is 2.28. The predicted molar refractivity (Wildman–Crippen MR) is 94.2 cm³/mol. The second kappa shape index (κ2) is 6.01. The van der Waals surface area contributed by atoms with Crippen LogP contribution < -0.4 is 26.0 Å². The molecule has 0 unspecified atom stereocenters. The molecule has 10 heteroatoms. The molecule has 2 aromatic heterocycles. The van der Waals surface area contributed by atoms with Gasteiger partial charge in [-0.15, -0.1) is 0 Å². The van der Waals surface area contributed by atoms with E-state index in [1.807, 2.05) is 29.2 Å². The van der Waals surface area contributed by atoms with E-state index in [1.165, 1.54) is 11.6 Å². The number of anilines is 2. The van der Waals surface area contributed by atoms with Crippen molar-refractivity contribution < 1.29 is 14.6 Å². The summed E-state index contributed by atoms with van der Waals surface area (Å²) in [6.07, 6.45) is 0. The van der Waals surface area contributed by atoms with Crippen LogP contribution in [-0.2, 0) is 24.9 Å². The highest BCUT2D eigenvalue weighted by molar-refractivity contribution is 5.78. The average molecular weight is 370 g/mol. The molecule has 27 heavy (non-hydrogen) atoms. The number of fused-ring (bicyclic) bond motifs is 3. The number of rotatable bonds is 4. The molecule has 140 valence electrons. The molecule has 0 fully saturated rings. The lowest BCUT2D eigenvalue weighted by atomic mass is 10.3. The molecule has 0 radical (unpaired) electrons. The normalized spacial score (nSPS) is 13.2. The lowest BCUT2D eigenvalue weighted by molar-refractivity contribution is -0.306. The maximum Gasteiger partial charge on any atom is 0.332 e. The Bertz CT molecular complexity index is 1190. The Hall–Kier alpha value is -3.56. The standard InChI is InChI=1S/C17H17N5O5/c1-19-14-13(15(25)22(17(19)26)9-12(23)24)21-7-6-20(16(21)18-14)10-4-3-5-11(8-10)27-2/h3-5,8H,6-7,9H2,1-2H3,(H,23,24)/p-1. The first kappa shape index (κ1) is 16.9. The van der Waals surface area contributed by atoms with Crippen molar-refractivity contribution in [1.82, 2.24) is 18.7 Å². The molecule has 0 bridgehead atoms. The molecule has 3 heterocycles. The van der Waals surface area contributed by atoms with Gasteiger partial charge in [0.1, 0.15) is 5.75 Å². The Morgan fingerprint density at radius 1 is 1.30 bits per heavy atom. The van der Waals surface area contributed by atoms with Gasteiger partial charge in [0, 0.05) is 31.9 Å². The summed E-state index contributed by atoms with van der Waals surface area (Å²) in [6.45, 7) is 0.248.